The second kappa shape index (κ2) is 10.0. The van der Waals surface area contributed by atoms with Crippen LogP contribution in [-0.2, 0) is 6.54 Å². The highest BCUT2D eigenvalue weighted by molar-refractivity contribution is 5.55. The third-order valence-electron chi connectivity index (χ3n) is 5.15. The molecule has 1 heterocycles. The number of rotatable bonds is 9. The van der Waals surface area contributed by atoms with E-state index in [0.29, 0.717) is 18.9 Å². The van der Waals surface area contributed by atoms with Crippen molar-refractivity contribution in [3.05, 3.63) is 114 Å². The molecule has 0 radical (unpaired) electrons. The predicted octanol–water partition coefficient (Wildman–Crippen LogP) is 5.32. The van der Waals surface area contributed by atoms with Gasteiger partial charge in [-0.2, -0.15) is 0 Å². The average Bonchev–Trinajstić information content (AvgIpc) is 3.28. The number of aliphatic hydroxyl groups is 1. The molecule has 152 valence electrons. The summed E-state index contributed by atoms with van der Waals surface area (Å²) < 4.78 is 6.09. The summed E-state index contributed by atoms with van der Waals surface area (Å²) >= 11 is 0. The molecule has 30 heavy (non-hydrogen) atoms. The van der Waals surface area contributed by atoms with Gasteiger partial charge in [0, 0.05) is 18.7 Å². The molecule has 0 saturated heterocycles. The topological polar surface area (TPSA) is 49.5 Å². The van der Waals surface area contributed by atoms with Gasteiger partial charge in [0.2, 0.25) is 5.89 Å². The van der Waals surface area contributed by atoms with E-state index >= 15 is 0 Å². The minimum atomic E-state index is 0.0472. The van der Waals surface area contributed by atoms with Crippen LogP contribution in [-0.4, -0.2) is 28.1 Å². The lowest BCUT2D eigenvalue weighted by Crippen LogP contribution is -2.31. The second-order valence-electron chi connectivity index (χ2n) is 7.26. The summed E-state index contributed by atoms with van der Waals surface area (Å²) in [6, 6.07) is 31.0. The van der Waals surface area contributed by atoms with Crippen LogP contribution < -0.4 is 0 Å². The van der Waals surface area contributed by atoms with Crippen molar-refractivity contribution in [2.75, 3.05) is 13.2 Å². The molecular weight excluding hydrogens is 372 g/mol. The van der Waals surface area contributed by atoms with Crippen molar-refractivity contribution < 1.29 is 9.52 Å². The zero-order valence-electron chi connectivity index (χ0n) is 16.9. The molecule has 0 atom stereocenters. The zero-order valence-corrected chi connectivity index (χ0v) is 16.9. The molecule has 1 aromatic heterocycles. The highest BCUT2D eigenvalue weighted by Crippen LogP contribution is 2.31. The molecule has 4 rings (SSSR count). The fraction of sp³-hybridized carbons (Fsp3) is 0.192. The van der Waals surface area contributed by atoms with Crippen LogP contribution in [0, 0.1) is 0 Å². The first-order valence-corrected chi connectivity index (χ1v) is 10.3. The molecule has 0 aliphatic rings. The number of aliphatic hydroxyl groups excluding tert-OH is 1. The van der Waals surface area contributed by atoms with E-state index in [1.807, 2.05) is 42.5 Å². The first-order chi connectivity index (χ1) is 14.8. The molecule has 4 heteroatoms. The summed E-state index contributed by atoms with van der Waals surface area (Å²) in [6.07, 6.45) is 2.47. The molecule has 0 aliphatic carbocycles. The van der Waals surface area contributed by atoms with Crippen molar-refractivity contribution >= 4 is 0 Å². The van der Waals surface area contributed by atoms with Crippen LogP contribution in [0.5, 0.6) is 0 Å². The number of aromatic nitrogens is 1. The summed E-state index contributed by atoms with van der Waals surface area (Å²) in [5.74, 6) is 1.44. The van der Waals surface area contributed by atoms with Crippen molar-refractivity contribution in [3.63, 3.8) is 0 Å². The lowest BCUT2D eigenvalue weighted by molar-refractivity contribution is 0.173. The van der Waals surface area contributed by atoms with Crippen molar-refractivity contribution in [1.82, 2.24) is 9.88 Å². The standard InChI is InChI=1S/C26H26N2O2/c29-18-10-17-28(20-25-27-19-24(30-25)21-11-4-1-5-12-21)26(22-13-6-2-7-14-22)23-15-8-3-9-16-23/h1-9,11-16,19,26,29H,10,17-18,20H2. The quantitative estimate of drug-likeness (QED) is 0.415. The molecular formula is C26H26N2O2. The van der Waals surface area contributed by atoms with E-state index in [-0.39, 0.29) is 12.6 Å². The van der Waals surface area contributed by atoms with E-state index in [1.54, 1.807) is 6.20 Å². The lowest BCUT2D eigenvalue weighted by Gasteiger charge is -2.31. The fourth-order valence-electron chi connectivity index (χ4n) is 3.75. The second-order valence-corrected chi connectivity index (χ2v) is 7.26. The Labute approximate surface area is 177 Å². The maximum atomic E-state index is 9.49. The molecule has 0 saturated carbocycles. The normalized spacial score (nSPS) is 11.3. The Hall–Kier alpha value is -3.21. The Morgan fingerprint density at radius 1 is 0.800 bits per heavy atom. The number of hydrogen-bond acceptors (Lipinski definition) is 4. The van der Waals surface area contributed by atoms with Crippen molar-refractivity contribution in [2.24, 2.45) is 0 Å². The van der Waals surface area contributed by atoms with Crippen molar-refractivity contribution in [2.45, 2.75) is 19.0 Å². The molecule has 0 unspecified atom stereocenters. The Bertz CT molecular complexity index is 977. The average molecular weight is 399 g/mol. The van der Waals surface area contributed by atoms with Gasteiger partial charge in [-0.05, 0) is 17.5 Å². The third-order valence-corrected chi connectivity index (χ3v) is 5.15. The number of hydrogen-bond donors (Lipinski definition) is 1. The Balaban J connectivity index is 1.65. The lowest BCUT2D eigenvalue weighted by atomic mass is 9.97. The van der Waals surface area contributed by atoms with E-state index in [2.05, 4.69) is 58.4 Å². The van der Waals surface area contributed by atoms with E-state index in [1.165, 1.54) is 11.1 Å². The van der Waals surface area contributed by atoms with E-state index < -0.39 is 0 Å². The van der Waals surface area contributed by atoms with Crippen LogP contribution in [0.2, 0.25) is 0 Å². The Kier molecular flexibility index (Phi) is 6.70. The maximum Gasteiger partial charge on any atom is 0.209 e. The molecule has 0 aliphatic heterocycles. The van der Waals surface area contributed by atoms with E-state index in [0.717, 1.165) is 17.9 Å². The van der Waals surface area contributed by atoms with Gasteiger partial charge in [0.05, 0.1) is 18.8 Å². The molecule has 1 N–H and O–H groups in total. The van der Waals surface area contributed by atoms with Crippen molar-refractivity contribution in [3.8, 4) is 11.3 Å². The monoisotopic (exact) mass is 398 g/mol. The fourth-order valence-corrected chi connectivity index (χ4v) is 3.75. The number of nitrogens with zero attached hydrogens (tertiary/aromatic N) is 2. The van der Waals surface area contributed by atoms with Crippen LogP contribution in [0.25, 0.3) is 11.3 Å². The minimum Gasteiger partial charge on any atom is -0.439 e. The van der Waals surface area contributed by atoms with Gasteiger partial charge in [0.15, 0.2) is 5.76 Å². The smallest absolute Gasteiger partial charge is 0.209 e. The van der Waals surface area contributed by atoms with Gasteiger partial charge in [-0.1, -0.05) is 91.0 Å². The summed E-state index contributed by atoms with van der Waals surface area (Å²) in [5, 5.41) is 9.49. The van der Waals surface area contributed by atoms with Gasteiger partial charge in [0.1, 0.15) is 0 Å². The molecule has 0 amide bonds. The van der Waals surface area contributed by atoms with Gasteiger partial charge in [-0.25, -0.2) is 4.98 Å². The minimum absolute atomic E-state index is 0.0472. The van der Waals surface area contributed by atoms with E-state index in [9.17, 15) is 5.11 Å². The largest absolute Gasteiger partial charge is 0.439 e. The summed E-state index contributed by atoms with van der Waals surface area (Å²) in [7, 11) is 0. The molecule has 0 fully saturated rings. The summed E-state index contributed by atoms with van der Waals surface area (Å²) in [6.45, 7) is 1.43. The Morgan fingerprint density at radius 2 is 1.37 bits per heavy atom. The van der Waals surface area contributed by atoms with Crippen LogP contribution in [0.3, 0.4) is 0 Å². The SMILES string of the molecule is OCCCN(Cc1ncc(-c2ccccc2)o1)C(c1ccccc1)c1ccccc1. The molecule has 3 aromatic carbocycles. The highest BCUT2D eigenvalue weighted by Gasteiger charge is 2.24. The highest BCUT2D eigenvalue weighted by atomic mass is 16.4. The third kappa shape index (κ3) is 4.85. The van der Waals surface area contributed by atoms with Gasteiger partial charge in [-0.3, -0.25) is 4.90 Å². The zero-order chi connectivity index (χ0) is 20.6. The van der Waals surface area contributed by atoms with Crippen molar-refractivity contribution in [1.29, 1.82) is 0 Å². The van der Waals surface area contributed by atoms with Crippen LogP contribution >= 0.6 is 0 Å². The number of benzene rings is 3. The van der Waals surface area contributed by atoms with Gasteiger partial charge in [0.25, 0.3) is 0 Å². The predicted molar refractivity (Wildman–Crippen MR) is 119 cm³/mol. The van der Waals surface area contributed by atoms with Crippen LogP contribution in [0.15, 0.2) is 102 Å². The van der Waals surface area contributed by atoms with Gasteiger partial charge < -0.3 is 9.52 Å². The van der Waals surface area contributed by atoms with Crippen LogP contribution in [0.1, 0.15) is 29.5 Å². The first-order valence-electron chi connectivity index (χ1n) is 10.3. The molecule has 4 aromatic rings. The maximum absolute atomic E-state index is 9.49. The number of oxazole rings is 1. The molecule has 0 spiro atoms. The Morgan fingerprint density at radius 3 is 1.93 bits per heavy atom. The van der Waals surface area contributed by atoms with E-state index in [4.69, 9.17) is 4.42 Å². The first kappa shape index (κ1) is 20.1. The summed E-state index contributed by atoms with van der Waals surface area (Å²) in [5.41, 5.74) is 3.42. The molecule has 4 nitrogen and oxygen atoms in total. The van der Waals surface area contributed by atoms with Gasteiger partial charge >= 0.3 is 0 Å². The molecule has 0 bridgehead atoms. The van der Waals surface area contributed by atoms with Gasteiger partial charge in [-0.15, -0.1) is 0 Å². The van der Waals surface area contributed by atoms with Crippen LogP contribution in [0.4, 0.5) is 0 Å². The summed E-state index contributed by atoms with van der Waals surface area (Å²) in [4.78, 5) is 6.86.